The number of aryl methyl sites for hydroxylation is 2. The molecule has 0 bridgehead atoms. The average Bonchev–Trinajstić information content (AvgIpc) is 3.29. The van der Waals surface area contributed by atoms with E-state index in [2.05, 4.69) is 44.3 Å². The van der Waals surface area contributed by atoms with E-state index in [1.807, 2.05) is 43.3 Å². The molecule has 7 heteroatoms. The topological polar surface area (TPSA) is 74.5 Å². The van der Waals surface area contributed by atoms with Crippen molar-refractivity contribution in [3.63, 3.8) is 0 Å². The van der Waals surface area contributed by atoms with Crippen LogP contribution in [0.1, 0.15) is 24.8 Å². The van der Waals surface area contributed by atoms with Crippen molar-refractivity contribution >= 4 is 17.3 Å². The zero-order chi connectivity index (χ0) is 21.6. The van der Waals surface area contributed by atoms with Crippen molar-refractivity contribution < 1.29 is 9.32 Å². The number of rotatable bonds is 7. The Hall–Kier alpha value is -3.19. The molecule has 2 aromatic carbocycles. The predicted molar refractivity (Wildman–Crippen MR) is 122 cm³/mol. The molecule has 4 rings (SSSR count). The molecule has 0 saturated carbocycles. The van der Waals surface area contributed by atoms with Gasteiger partial charge in [-0.1, -0.05) is 42.4 Å². The van der Waals surface area contributed by atoms with Crippen molar-refractivity contribution in [2.75, 3.05) is 42.9 Å². The maximum atomic E-state index is 12.5. The second kappa shape index (κ2) is 9.75. The molecule has 1 saturated heterocycles. The molecule has 0 spiro atoms. The maximum Gasteiger partial charge on any atom is 0.227 e. The summed E-state index contributed by atoms with van der Waals surface area (Å²) in [4.78, 5) is 21.7. The molecular formula is C24H29N5O2. The second-order valence-corrected chi connectivity index (χ2v) is 7.85. The lowest BCUT2D eigenvalue weighted by molar-refractivity contribution is -0.116. The molecular weight excluding hydrogens is 390 g/mol. The van der Waals surface area contributed by atoms with Crippen LogP contribution in [0.2, 0.25) is 0 Å². The zero-order valence-electron chi connectivity index (χ0n) is 18.2. The lowest BCUT2D eigenvalue weighted by Gasteiger charge is -2.35. The second-order valence-electron chi connectivity index (χ2n) is 7.85. The van der Waals surface area contributed by atoms with Crippen molar-refractivity contribution in [1.82, 2.24) is 15.0 Å². The fraction of sp³-hybridized carbons (Fsp3) is 0.375. The number of benzene rings is 2. The van der Waals surface area contributed by atoms with Crippen LogP contribution in [-0.4, -0.2) is 53.7 Å². The van der Waals surface area contributed by atoms with Gasteiger partial charge in [-0.2, -0.15) is 4.98 Å². The molecule has 31 heavy (non-hydrogen) atoms. The summed E-state index contributed by atoms with van der Waals surface area (Å²) in [6.07, 6.45) is 0.696. The van der Waals surface area contributed by atoms with E-state index in [0.29, 0.717) is 18.1 Å². The van der Waals surface area contributed by atoms with E-state index in [1.165, 1.54) is 5.69 Å². The molecule has 1 N–H and O–H groups in total. The number of amides is 1. The number of nitrogens with zero attached hydrogens (tertiary/aromatic N) is 4. The van der Waals surface area contributed by atoms with Crippen LogP contribution in [0.25, 0.3) is 11.4 Å². The van der Waals surface area contributed by atoms with Crippen LogP contribution in [0.15, 0.2) is 53.1 Å². The number of carbonyl (C=O) groups is 1. The van der Waals surface area contributed by atoms with E-state index < -0.39 is 0 Å². The van der Waals surface area contributed by atoms with Crippen LogP contribution < -0.4 is 10.2 Å². The summed E-state index contributed by atoms with van der Waals surface area (Å²) in [5.41, 5.74) is 4.02. The van der Waals surface area contributed by atoms with Crippen molar-refractivity contribution in [3.05, 3.63) is 60.0 Å². The average molecular weight is 420 g/mol. The van der Waals surface area contributed by atoms with Gasteiger partial charge in [0.2, 0.25) is 17.6 Å². The highest BCUT2D eigenvalue weighted by atomic mass is 16.5. The first-order valence-corrected chi connectivity index (χ1v) is 10.9. The molecule has 3 aromatic rings. The Bertz CT molecular complexity index is 1010. The fourth-order valence-corrected chi connectivity index (χ4v) is 3.80. The Morgan fingerprint density at radius 2 is 1.87 bits per heavy atom. The first-order chi connectivity index (χ1) is 15.1. The summed E-state index contributed by atoms with van der Waals surface area (Å²) in [6.45, 7) is 9.60. The van der Waals surface area contributed by atoms with Crippen molar-refractivity contribution in [1.29, 1.82) is 0 Å². The van der Waals surface area contributed by atoms with Crippen molar-refractivity contribution in [2.45, 2.75) is 26.7 Å². The van der Waals surface area contributed by atoms with Gasteiger partial charge in [0, 0.05) is 56.0 Å². The minimum atomic E-state index is -0.0631. The van der Waals surface area contributed by atoms with E-state index in [0.717, 1.165) is 49.5 Å². The quantitative estimate of drug-likeness (QED) is 0.629. The Kier molecular flexibility index (Phi) is 6.62. The van der Waals surface area contributed by atoms with Crippen LogP contribution in [0.5, 0.6) is 0 Å². The lowest BCUT2D eigenvalue weighted by atomic mass is 10.1. The van der Waals surface area contributed by atoms with Gasteiger partial charge in [-0.15, -0.1) is 0 Å². The van der Waals surface area contributed by atoms with Crippen LogP contribution in [0, 0.1) is 6.92 Å². The lowest BCUT2D eigenvalue weighted by Crippen LogP contribution is -2.46. The van der Waals surface area contributed by atoms with Crippen LogP contribution >= 0.6 is 0 Å². The van der Waals surface area contributed by atoms with Gasteiger partial charge in [-0.05, 0) is 37.2 Å². The molecule has 1 amide bonds. The number of anilines is 2. The first kappa shape index (κ1) is 21.1. The summed E-state index contributed by atoms with van der Waals surface area (Å²) in [5, 5.41) is 7.01. The van der Waals surface area contributed by atoms with Gasteiger partial charge in [0.1, 0.15) is 0 Å². The molecule has 0 unspecified atom stereocenters. The van der Waals surface area contributed by atoms with Crippen molar-refractivity contribution in [2.24, 2.45) is 0 Å². The fourth-order valence-electron chi connectivity index (χ4n) is 3.80. The molecule has 1 aliphatic rings. The number of likely N-dealkylation sites (N-methyl/N-ethyl adjacent to an activating group) is 1. The standard InChI is InChI=1S/C24H29N5O2/c1-3-28-13-15-29(16-14-28)20-9-10-21(18(2)17-20)25-22(30)11-12-23-26-24(27-31-23)19-7-5-4-6-8-19/h4-10,17H,3,11-16H2,1-2H3,(H,25,30). The molecule has 0 aliphatic carbocycles. The van der Waals surface area contributed by atoms with Gasteiger partial charge < -0.3 is 19.6 Å². The maximum absolute atomic E-state index is 12.5. The molecule has 162 valence electrons. The van der Waals surface area contributed by atoms with Crippen molar-refractivity contribution in [3.8, 4) is 11.4 Å². The number of carbonyl (C=O) groups excluding carboxylic acids is 1. The highest BCUT2D eigenvalue weighted by Crippen LogP contribution is 2.24. The normalized spacial score (nSPS) is 14.6. The van der Waals surface area contributed by atoms with Gasteiger partial charge in [-0.25, -0.2) is 0 Å². The van der Waals surface area contributed by atoms with Gasteiger partial charge in [0.25, 0.3) is 0 Å². The Morgan fingerprint density at radius 1 is 1.10 bits per heavy atom. The monoisotopic (exact) mass is 419 g/mol. The number of hydrogen-bond donors (Lipinski definition) is 1. The molecule has 2 heterocycles. The molecule has 0 atom stereocenters. The number of nitrogens with one attached hydrogen (secondary N) is 1. The third-order valence-electron chi connectivity index (χ3n) is 5.73. The van der Waals surface area contributed by atoms with E-state index in [1.54, 1.807) is 0 Å². The Balaban J connectivity index is 1.30. The van der Waals surface area contributed by atoms with E-state index in [4.69, 9.17) is 4.52 Å². The number of hydrogen-bond acceptors (Lipinski definition) is 6. The molecule has 7 nitrogen and oxygen atoms in total. The highest BCUT2D eigenvalue weighted by molar-refractivity contribution is 5.91. The number of piperazine rings is 1. The minimum Gasteiger partial charge on any atom is -0.369 e. The van der Waals surface area contributed by atoms with Gasteiger partial charge in [-0.3, -0.25) is 4.79 Å². The highest BCUT2D eigenvalue weighted by Gasteiger charge is 2.17. The minimum absolute atomic E-state index is 0.0631. The van der Waals surface area contributed by atoms with Gasteiger partial charge in [0.15, 0.2) is 0 Å². The summed E-state index contributed by atoms with van der Waals surface area (Å²) >= 11 is 0. The van der Waals surface area contributed by atoms with Crippen LogP contribution in [-0.2, 0) is 11.2 Å². The molecule has 1 aromatic heterocycles. The third kappa shape index (κ3) is 5.30. The van der Waals surface area contributed by atoms with E-state index in [9.17, 15) is 4.79 Å². The van der Waals surface area contributed by atoms with Gasteiger partial charge in [0.05, 0.1) is 0 Å². The Labute approximate surface area is 183 Å². The first-order valence-electron chi connectivity index (χ1n) is 10.9. The number of aromatic nitrogens is 2. The summed E-state index contributed by atoms with van der Waals surface area (Å²) in [5.74, 6) is 0.946. The zero-order valence-corrected chi connectivity index (χ0v) is 18.2. The third-order valence-corrected chi connectivity index (χ3v) is 5.73. The van der Waals surface area contributed by atoms with E-state index in [-0.39, 0.29) is 12.3 Å². The SMILES string of the molecule is CCN1CCN(c2ccc(NC(=O)CCc3nc(-c4ccccc4)no3)c(C)c2)CC1. The smallest absolute Gasteiger partial charge is 0.227 e. The van der Waals surface area contributed by atoms with E-state index >= 15 is 0 Å². The summed E-state index contributed by atoms with van der Waals surface area (Å²) in [7, 11) is 0. The largest absolute Gasteiger partial charge is 0.369 e. The molecule has 1 aliphatic heterocycles. The molecule has 0 radical (unpaired) electrons. The summed E-state index contributed by atoms with van der Waals surface area (Å²) < 4.78 is 5.29. The van der Waals surface area contributed by atoms with Crippen LogP contribution in [0.3, 0.4) is 0 Å². The predicted octanol–water partition coefficient (Wildman–Crippen LogP) is 3.76. The van der Waals surface area contributed by atoms with Crippen LogP contribution in [0.4, 0.5) is 11.4 Å². The molecule has 1 fully saturated rings. The summed E-state index contributed by atoms with van der Waals surface area (Å²) in [6, 6.07) is 15.9. The Morgan fingerprint density at radius 3 is 2.58 bits per heavy atom. The van der Waals surface area contributed by atoms with Gasteiger partial charge >= 0.3 is 0 Å².